The molecule has 1 unspecified atom stereocenters. The van der Waals surface area contributed by atoms with Crippen molar-refractivity contribution < 1.29 is 22.4 Å². The first-order valence-corrected chi connectivity index (χ1v) is 9.19. The van der Waals surface area contributed by atoms with Gasteiger partial charge in [0.1, 0.15) is 12.4 Å². The molecule has 0 radical (unpaired) electrons. The van der Waals surface area contributed by atoms with Gasteiger partial charge >= 0.3 is 6.18 Å². The van der Waals surface area contributed by atoms with Crippen LogP contribution in [0.15, 0.2) is 27.0 Å². The highest BCUT2D eigenvalue weighted by atomic mass is 79.9. The van der Waals surface area contributed by atoms with Crippen molar-refractivity contribution in [1.82, 2.24) is 10.2 Å². The molecule has 0 saturated heterocycles. The van der Waals surface area contributed by atoms with Crippen LogP contribution >= 0.6 is 39.0 Å². The number of rotatable bonds is 6. The van der Waals surface area contributed by atoms with Crippen molar-refractivity contribution >= 4 is 55.8 Å². The van der Waals surface area contributed by atoms with E-state index >= 15 is 0 Å². The number of benzene rings is 1. The number of anilines is 2. The third-order valence-corrected chi connectivity index (χ3v) is 5.24. The SMILES string of the molecule is CC(Sc1nnc(NCC(F)(F)F)s1)C(=O)Nc1ccc(Br)cc1F. The number of carbonyl (C=O) groups is 1. The molecule has 0 bridgehead atoms. The summed E-state index contributed by atoms with van der Waals surface area (Å²) < 4.78 is 51.0. The van der Waals surface area contributed by atoms with Crippen LogP contribution in [0.4, 0.5) is 28.4 Å². The average Bonchev–Trinajstić information content (AvgIpc) is 2.95. The zero-order valence-electron chi connectivity index (χ0n) is 12.5. The van der Waals surface area contributed by atoms with E-state index in [2.05, 4.69) is 36.8 Å². The van der Waals surface area contributed by atoms with E-state index in [0.717, 1.165) is 23.1 Å². The van der Waals surface area contributed by atoms with Crippen molar-refractivity contribution in [2.24, 2.45) is 0 Å². The Morgan fingerprint density at radius 1 is 1.40 bits per heavy atom. The lowest BCUT2D eigenvalue weighted by atomic mass is 10.3. The molecule has 1 heterocycles. The molecule has 0 aliphatic carbocycles. The van der Waals surface area contributed by atoms with Crippen molar-refractivity contribution in [2.45, 2.75) is 22.7 Å². The van der Waals surface area contributed by atoms with Gasteiger partial charge in [-0.05, 0) is 25.1 Å². The highest BCUT2D eigenvalue weighted by molar-refractivity contribution is 9.10. The number of aromatic nitrogens is 2. The van der Waals surface area contributed by atoms with Crippen LogP contribution in [0, 0.1) is 5.82 Å². The minimum Gasteiger partial charge on any atom is -0.351 e. The molecule has 2 N–H and O–H groups in total. The van der Waals surface area contributed by atoms with Gasteiger partial charge in [0.05, 0.1) is 10.9 Å². The van der Waals surface area contributed by atoms with E-state index in [1.807, 2.05) is 0 Å². The smallest absolute Gasteiger partial charge is 0.351 e. The zero-order chi connectivity index (χ0) is 18.6. The lowest BCUT2D eigenvalue weighted by molar-refractivity contribution is -0.116. The Balaban J connectivity index is 1.91. The normalized spacial score (nSPS) is 12.7. The Bertz CT molecular complexity index is 756. The molecule has 0 spiro atoms. The molecule has 0 fully saturated rings. The fourth-order valence-corrected chi connectivity index (χ4v) is 3.76. The molecule has 0 aliphatic rings. The topological polar surface area (TPSA) is 66.9 Å². The number of nitrogens with zero attached hydrogens (tertiary/aromatic N) is 2. The largest absolute Gasteiger partial charge is 0.405 e. The van der Waals surface area contributed by atoms with Crippen molar-refractivity contribution in [2.75, 3.05) is 17.2 Å². The predicted octanol–water partition coefficient (Wildman–Crippen LogP) is 4.53. The highest BCUT2D eigenvalue weighted by Gasteiger charge is 2.27. The number of hydrogen-bond acceptors (Lipinski definition) is 6. The quantitative estimate of drug-likeness (QED) is 0.491. The fraction of sp³-hybridized carbons (Fsp3) is 0.308. The Labute approximate surface area is 156 Å². The lowest BCUT2D eigenvalue weighted by Gasteiger charge is -2.11. The minimum atomic E-state index is -4.36. The van der Waals surface area contributed by atoms with Crippen LogP contribution in [-0.2, 0) is 4.79 Å². The minimum absolute atomic E-state index is 0.00591. The van der Waals surface area contributed by atoms with Crippen molar-refractivity contribution in [3.05, 3.63) is 28.5 Å². The van der Waals surface area contributed by atoms with Crippen molar-refractivity contribution in [3.63, 3.8) is 0 Å². The number of thioether (sulfide) groups is 1. The number of nitrogens with one attached hydrogen (secondary N) is 2. The van der Waals surface area contributed by atoms with Crippen LogP contribution < -0.4 is 10.6 Å². The van der Waals surface area contributed by atoms with E-state index in [1.165, 1.54) is 12.1 Å². The second kappa shape index (κ2) is 8.32. The van der Waals surface area contributed by atoms with E-state index in [0.29, 0.717) is 8.81 Å². The Kier molecular flexibility index (Phi) is 6.63. The third-order valence-electron chi connectivity index (χ3n) is 2.68. The van der Waals surface area contributed by atoms with Crippen LogP contribution in [-0.4, -0.2) is 34.1 Å². The van der Waals surface area contributed by atoms with E-state index < -0.39 is 29.7 Å². The van der Waals surface area contributed by atoms with Gasteiger partial charge in [-0.1, -0.05) is 39.0 Å². The van der Waals surface area contributed by atoms with E-state index in [1.54, 1.807) is 13.0 Å². The van der Waals surface area contributed by atoms with Crippen LogP contribution in [0.2, 0.25) is 0 Å². The Morgan fingerprint density at radius 3 is 2.76 bits per heavy atom. The summed E-state index contributed by atoms with van der Waals surface area (Å²) in [6.07, 6.45) is -4.36. The van der Waals surface area contributed by atoms with Gasteiger partial charge in [-0.3, -0.25) is 4.79 Å². The molecular formula is C13H11BrF4N4OS2. The number of halogens is 5. The summed E-state index contributed by atoms with van der Waals surface area (Å²) in [4.78, 5) is 12.1. The number of alkyl halides is 3. The molecule has 2 rings (SSSR count). The van der Waals surface area contributed by atoms with Crippen LogP contribution in [0.1, 0.15) is 6.92 Å². The second-order valence-corrected chi connectivity index (χ2v) is 8.20. The standard InChI is InChI=1S/C13H11BrF4N4OS2/c1-6(10(23)20-9-3-2-7(14)4-8(9)15)24-12-22-21-11(25-12)19-5-13(16,17)18/h2-4,6H,5H2,1H3,(H,19,21)(H,20,23). The van der Waals surface area contributed by atoms with Gasteiger partial charge in [-0.25, -0.2) is 4.39 Å². The number of hydrogen-bond donors (Lipinski definition) is 2. The summed E-state index contributed by atoms with van der Waals surface area (Å²) in [5.74, 6) is -1.05. The summed E-state index contributed by atoms with van der Waals surface area (Å²) in [5.41, 5.74) is 0.0328. The Hall–Kier alpha value is -1.40. The van der Waals surface area contributed by atoms with Gasteiger partial charge < -0.3 is 10.6 Å². The number of amides is 1. The van der Waals surface area contributed by atoms with E-state index in [9.17, 15) is 22.4 Å². The highest BCUT2D eigenvalue weighted by Crippen LogP contribution is 2.30. The molecule has 1 amide bonds. The summed E-state index contributed by atoms with van der Waals surface area (Å²) in [5, 5.41) is 11.2. The first kappa shape index (κ1) is 19.9. The fourth-order valence-electron chi connectivity index (χ4n) is 1.53. The van der Waals surface area contributed by atoms with Gasteiger partial charge in [0.15, 0.2) is 4.34 Å². The maximum atomic E-state index is 13.7. The first-order valence-electron chi connectivity index (χ1n) is 6.71. The zero-order valence-corrected chi connectivity index (χ0v) is 15.7. The molecule has 2 aromatic rings. The average molecular weight is 459 g/mol. The first-order chi connectivity index (χ1) is 11.6. The lowest BCUT2D eigenvalue weighted by Crippen LogP contribution is -2.22. The summed E-state index contributed by atoms with van der Waals surface area (Å²) >= 11 is 5.03. The molecule has 136 valence electrons. The van der Waals surface area contributed by atoms with E-state index in [4.69, 9.17) is 0 Å². The maximum Gasteiger partial charge on any atom is 0.405 e. The molecule has 1 aromatic carbocycles. The van der Waals surface area contributed by atoms with Crippen LogP contribution in [0.25, 0.3) is 0 Å². The molecule has 0 saturated carbocycles. The summed E-state index contributed by atoms with van der Waals surface area (Å²) in [7, 11) is 0. The van der Waals surface area contributed by atoms with Gasteiger partial charge in [-0.2, -0.15) is 13.2 Å². The second-order valence-electron chi connectivity index (χ2n) is 4.72. The molecular weight excluding hydrogens is 448 g/mol. The van der Waals surface area contributed by atoms with Gasteiger partial charge in [0, 0.05) is 4.47 Å². The summed E-state index contributed by atoms with van der Waals surface area (Å²) in [6.45, 7) is 0.353. The maximum absolute atomic E-state index is 13.7. The monoisotopic (exact) mass is 458 g/mol. The molecule has 5 nitrogen and oxygen atoms in total. The van der Waals surface area contributed by atoms with E-state index in [-0.39, 0.29) is 10.8 Å². The van der Waals surface area contributed by atoms with Gasteiger partial charge in [0.2, 0.25) is 11.0 Å². The van der Waals surface area contributed by atoms with Gasteiger partial charge in [0.25, 0.3) is 0 Å². The van der Waals surface area contributed by atoms with Crippen molar-refractivity contribution in [1.29, 1.82) is 0 Å². The predicted molar refractivity (Wildman–Crippen MR) is 92.5 cm³/mol. The van der Waals surface area contributed by atoms with Crippen molar-refractivity contribution in [3.8, 4) is 0 Å². The Morgan fingerprint density at radius 2 is 2.12 bits per heavy atom. The van der Waals surface area contributed by atoms with Gasteiger partial charge in [-0.15, -0.1) is 10.2 Å². The molecule has 1 atom stereocenters. The molecule has 1 aromatic heterocycles. The molecule has 0 aliphatic heterocycles. The van der Waals surface area contributed by atoms with Crippen LogP contribution in [0.5, 0.6) is 0 Å². The number of carbonyl (C=O) groups excluding carboxylic acids is 1. The summed E-state index contributed by atoms with van der Waals surface area (Å²) in [6, 6.07) is 4.22. The molecule has 25 heavy (non-hydrogen) atoms. The third kappa shape index (κ3) is 6.44. The molecule has 12 heteroatoms. The van der Waals surface area contributed by atoms with Crippen LogP contribution in [0.3, 0.4) is 0 Å².